The summed E-state index contributed by atoms with van der Waals surface area (Å²) in [4.78, 5) is 14.5. The molecule has 0 bridgehead atoms. The van der Waals surface area contributed by atoms with Gasteiger partial charge in [0.2, 0.25) is 5.91 Å². The molecule has 0 atom stereocenters. The lowest BCUT2D eigenvalue weighted by molar-refractivity contribution is -0.132. The van der Waals surface area contributed by atoms with Crippen LogP contribution in [-0.2, 0) is 32.3 Å². The van der Waals surface area contributed by atoms with Crippen molar-refractivity contribution in [1.82, 2.24) is 13.5 Å². The van der Waals surface area contributed by atoms with E-state index >= 15 is 0 Å². The Morgan fingerprint density at radius 2 is 1.42 bits per heavy atom. The molecule has 1 aromatic carbocycles. The maximum absolute atomic E-state index is 12.8. The molecule has 1 aliphatic heterocycles. The van der Waals surface area contributed by atoms with Crippen LogP contribution < -0.4 is 0 Å². The molecule has 8 heteroatoms. The van der Waals surface area contributed by atoms with Gasteiger partial charge >= 0.3 is 0 Å². The van der Waals surface area contributed by atoms with Crippen LogP contribution in [0.4, 0.5) is 0 Å². The summed E-state index contributed by atoms with van der Waals surface area (Å²) < 4.78 is 27.1. The Bertz CT molecular complexity index is 869. The fourth-order valence-corrected chi connectivity index (χ4v) is 4.88. The number of hydrogen-bond donors (Lipinski definition) is 1. The van der Waals surface area contributed by atoms with E-state index < -0.39 is 10.2 Å². The van der Waals surface area contributed by atoms with Gasteiger partial charge in [-0.25, -0.2) is 0 Å². The van der Waals surface area contributed by atoms with Gasteiger partial charge in [0, 0.05) is 46.7 Å². The Kier molecular flexibility index (Phi) is 7.50. The van der Waals surface area contributed by atoms with Crippen molar-refractivity contribution in [3.63, 3.8) is 0 Å². The maximum Gasteiger partial charge on any atom is 0.281 e. The summed E-state index contributed by atoms with van der Waals surface area (Å²) in [6.45, 7) is 13.9. The summed E-state index contributed by atoms with van der Waals surface area (Å²) in [7, 11) is -0.409. The standard InChI is InChI=1S/C23H39N3O4S/c1-22(2,3)18-15-17(16-19(21(18)28)23(4,5)6)9-10-20(27)25-11-13-26(14-12-25)31(29,30)24(7)8/h15-16,28H,9-14H2,1-8H3. The largest absolute Gasteiger partial charge is 0.507 e. The zero-order valence-electron chi connectivity index (χ0n) is 20.3. The van der Waals surface area contributed by atoms with E-state index in [2.05, 4.69) is 41.5 Å². The van der Waals surface area contributed by atoms with E-state index in [0.29, 0.717) is 44.8 Å². The highest BCUT2D eigenvalue weighted by atomic mass is 32.2. The molecule has 0 saturated carbocycles. The molecule has 1 aromatic rings. The van der Waals surface area contributed by atoms with Crippen LogP contribution in [0.25, 0.3) is 0 Å². The summed E-state index contributed by atoms with van der Waals surface area (Å²) in [6, 6.07) is 4.03. The molecule has 176 valence electrons. The van der Waals surface area contributed by atoms with Crippen LogP contribution in [-0.4, -0.2) is 73.2 Å². The lowest BCUT2D eigenvalue weighted by Crippen LogP contribution is -2.53. The van der Waals surface area contributed by atoms with Crippen LogP contribution >= 0.6 is 0 Å². The molecule has 31 heavy (non-hydrogen) atoms. The highest BCUT2D eigenvalue weighted by Crippen LogP contribution is 2.40. The van der Waals surface area contributed by atoms with Gasteiger partial charge in [-0.1, -0.05) is 53.7 Å². The van der Waals surface area contributed by atoms with E-state index in [1.807, 2.05) is 12.1 Å². The minimum atomic E-state index is -3.44. The van der Waals surface area contributed by atoms with Crippen molar-refractivity contribution < 1.29 is 18.3 Å². The Balaban J connectivity index is 2.11. The third-order valence-electron chi connectivity index (χ3n) is 5.79. The van der Waals surface area contributed by atoms with Crippen LogP contribution in [0.1, 0.15) is 64.7 Å². The number of carbonyl (C=O) groups excluding carboxylic acids is 1. The summed E-state index contributed by atoms with van der Waals surface area (Å²) in [5.41, 5.74) is 2.40. The molecular weight excluding hydrogens is 414 g/mol. The number of aryl methyl sites for hydroxylation is 1. The van der Waals surface area contributed by atoms with Crippen molar-refractivity contribution in [2.24, 2.45) is 0 Å². The van der Waals surface area contributed by atoms with Crippen LogP contribution in [0.15, 0.2) is 12.1 Å². The Morgan fingerprint density at radius 1 is 0.968 bits per heavy atom. The molecule has 0 radical (unpaired) electrons. The molecule has 0 spiro atoms. The predicted octanol–water partition coefficient (Wildman–Crippen LogP) is 2.87. The van der Waals surface area contributed by atoms with Crippen LogP contribution in [0.3, 0.4) is 0 Å². The molecule has 0 aromatic heterocycles. The number of carbonyl (C=O) groups is 1. The number of piperazine rings is 1. The van der Waals surface area contributed by atoms with Gasteiger partial charge in [0.1, 0.15) is 5.75 Å². The quantitative estimate of drug-likeness (QED) is 0.743. The molecule has 1 amide bonds. The average Bonchev–Trinajstić information content (AvgIpc) is 2.65. The fourth-order valence-electron chi connectivity index (χ4n) is 3.79. The number of rotatable bonds is 5. The van der Waals surface area contributed by atoms with Gasteiger partial charge in [-0.05, 0) is 33.9 Å². The lowest BCUT2D eigenvalue weighted by Gasteiger charge is -2.35. The van der Waals surface area contributed by atoms with Crippen LogP contribution in [0, 0.1) is 0 Å². The highest BCUT2D eigenvalue weighted by Gasteiger charge is 2.30. The molecule has 1 aliphatic rings. The fraction of sp³-hybridized carbons (Fsp3) is 0.696. The van der Waals surface area contributed by atoms with E-state index in [0.717, 1.165) is 16.7 Å². The first-order chi connectivity index (χ1) is 14.0. The molecule has 0 aliphatic carbocycles. The second-order valence-electron chi connectivity index (χ2n) is 10.6. The zero-order valence-corrected chi connectivity index (χ0v) is 21.1. The Hall–Kier alpha value is -1.64. The molecule has 1 N–H and O–H groups in total. The number of benzene rings is 1. The summed E-state index contributed by atoms with van der Waals surface area (Å²) >= 11 is 0. The average molecular weight is 454 g/mol. The number of nitrogens with zero attached hydrogens (tertiary/aromatic N) is 3. The number of phenols is 1. The van der Waals surface area contributed by atoms with Gasteiger partial charge in [-0.15, -0.1) is 0 Å². The monoisotopic (exact) mass is 453 g/mol. The predicted molar refractivity (Wildman–Crippen MR) is 125 cm³/mol. The molecule has 1 fully saturated rings. The first-order valence-electron chi connectivity index (χ1n) is 10.9. The second kappa shape index (κ2) is 9.08. The third-order valence-corrected chi connectivity index (χ3v) is 7.73. The van der Waals surface area contributed by atoms with Crippen LogP contribution in [0.5, 0.6) is 5.75 Å². The van der Waals surface area contributed by atoms with E-state index in [9.17, 15) is 18.3 Å². The number of phenolic OH excluding ortho intramolecular Hbond substituents is 1. The minimum Gasteiger partial charge on any atom is -0.507 e. The first-order valence-corrected chi connectivity index (χ1v) is 12.3. The lowest BCUT2D eigenvalue weighted by atomic mass is 9.78. The summed E-state index contributed by atoms with van der Waals surface area (Å²) in [5.74, 6) is 0.373. The van der Waals surface area contributed by atoms with E-state index in [-0.39, 0.29) is 16.7 Å². The first kappa shape index (κ1) is 25.6. The van der Waals surface area contributed by atoms with E-state index in [1.54, 1.807) is 4.90 Å². The molecule has 1 heterocycles. The van der Waals surface area contributed by atoms with Crippen molar-refractivity contribution in [3.05, 3.63) is 28.8 Å². The smallest absolute Gasteiger partial charge is 0.281 e. The topological polar surface area (TPSA) is 81.2 Å². The molecule has 2 rings (SSSR count). The van der Waals surface area contributed by atoms with E-state index in [1.165, 1.54) is 22.7 Å². The van der Waals surface area contributed by atoms with Gasteiger partial charge in [0.05, 0.1) is 0 Å². The van der Waals surface area contributed by atoms with Crippen molar-refractivity contribution in [3.8, 4) is 5.75 Å². The Labute approximate surface area is 188 Å². The van der Waals surface area contributed by atoms with Crippen LogP contribution in [0.2, 0.25) is 0 Å². The van der Waals surface area contributed by atoms with Gasteiger partial charge in [0.25, 0.3) is 10.2 Å². The normalized spacial score (nSPS) is 16.7. The molecule has 0 unspecified atom stereocenters. The highest BCUT2D eigenvalue weighted by molar-refractivity contribution is 7.86. The van der Waals surface area contributed by atoms with Crippen molar-refractivity contribution in [2.45, 2.75) is 65.2 Å². The van der Waals surface area contributed by atoms with Crippen molar-refractivity contribution in [1.29, 1.82) is 0 Å². The van der Waals surface area contributed by atoms with Gasteiger partial charge in [-0.2, -0.15) is 17.0 Å². The van der Waals surface area contributed by atoms with Gasteiger partial charge in [-0.3, -0.25) is 4.79 Å². The number of amides is 1. The maximum atomic E-state index is 12.8. The SMILES string of the molecule is CN(C)S(=O)(=O)N1CCN(C(=O)CCc2cc(C(C)(C)C)c(O)c(C(C)(C)C)c2)CC1. The van der Waals surface area contributed by atoms with Gasteiger partial charge in [0.15, 0.2) is 0 Å². The molecule has 7 nitrogen and oxygen atoms in total. The summed E-state index contributed by atoms with van der Waals surface area (Å²) in [5, 5.41) is 10.9. The third kappa shape index (κ3) is 5.99. The molecular formula is C23H39N3O4S. The minimum absolute atomic E-state index is 0.0320. The van der Waals surface area contributed by atoms with E-state index in [4.69, 9.17) is 0 Å². The van der Waals surface area contributed by atoms with Gasteiger partial charge < -0.3 is 10.0 Å². The Morgan fingerprint density at radius 3 is 1.81 bits per heavy atom. The molecule has 1 saturated heterocycles. The zero-order chi connectivity index (χ0) is 23.8. The number of hydrogen-bond acceptors (Lipinski definition) is 4. The second-order valence-corrected chi connectivity index (χ2v) is 12.8. The van der Waals surface area contributed by atoms with Crippen molar-refractivity contribution >= 4 is 16.1 Å². The number of aromatic hydroxyl groups is 1. The van der Waals surface area contributed by atoms with Crippen molar-refractivity contribution in [2.75, 3.05) is 40.3 Å². The summed E-state index contributed by atoms with van der Waals surface area (Å²) in [6.07, 6.45) is 0.944.